The van der Waals surface area contributed by atoms with Gasteiger partial charge in [-0.25, -0.2) is 4.98 Å². The molecular weight excluding hydrogens is 326 g/mol. The van der Waals surface area contributed by atoms with E-state index in [1.54, 1.807) is 11.3 Å². The van der Waals surface area contributed by atoms with Gasteiger partial charge in [-0.05, 0) is 43.8 Å². The number of rotatable bonds is 4. The largest absolute Gasteiger partial charge is 0.487 e. The van der Waals surface area contributed by atoms with Crippen molar-refractivity contribution in [1.82, 2.24) is 4.98 Å². The molecule has 0 aliphatic rings. The van der Waals surface area contributed by atoms with Crippen molar-refractivity contribution in [1.29, 1.82) is 0 Å². The zero-order chi connectivity index (χ0) is 16.6. The molecule has 2 aromatic heterocycles. The summed E-state index contributed by atoms with van der Waals surface area (Å²) in [5, 5.41) is 4.26. The number of aromatic nitrogens is 1. The lowest BCUT2D eigenvalue weighted by Crippen LogP contribution is -1.97. The molecule has 0 atom stereocenters. The Bertz CT molecular complexity index is 909. The van der Waals surface area contributed by atoms with E-state index in [0.717, 1.165) is 38.5 Å². The maximum absolute atomic E-state index is 5.85. The van der Waals surface area contributed by atoms with Crippen molar-refractivity contribution in [3.05, 3.63) is 50.1 Å². The van der Waals surface area contributed by atoms with Crippen LogP contribution in [0.15, 0.2) is 28.0 Å². The fourth-order valence-electron chi connectivity index (χ4n) is 2.33. The van der Waals surface area contributed by atoms with Gasteiger partial charge in [0.15, 0.2) is 4.71 Å². The standard InChI is InChI=1S/C18H19NO2S2/c1-10(2)17-19-13(9-23-17)8-20-14-5-6-15-11(3)12(4)18(22)21-16(15)7-14/h5-7,9-10H,8H2,1-4H3. The van der Waals surface area contributed by atoms with E-state index in [9.17, 15) is 0 Å². The highest BCUT2D eigenvalue weighted by atomic mass is 32.1. The van der Waals surface area contributed by atoms with Crippen LogP contribution in [-0.4, -0.2) is 4.98 Å². The topological polar surface area (TPSA) is 35.3 Å². The number of ether oxygens (including phenoxy) is 1. The first-order chi connectivity index (χ1) is 11.0. The molecular formula is C18H19NO2S2. The van der Waals surface area contributed by atoms with Gasteiger partial charge in [-0.3, -0.25) is 0 Å². The Morgan fingerprint density at radius 1 is 1.26 bits per heavy atom. The monoisotopic (exact) mass is 345 g/mol. The molecule has 3 rings (SSSR count). The number of nitrogens with zero attached hydrogens (tertiary/aromatic N) is 1. The average molecular weight is 345 g/mol. The highest BCUT2D eigenvalue weighted by Gasteiger charge is 2.09. The number of hydrogen-bond acceptors (Lipinski definition) is 5. The highest BCUT2D eigenvalue weighted by Crippen LogP contribution is 2.27. The SMILES string of the molecule is Cc1c(C)c2ccc(OCc3csc(C(C)C)n3)cc2oc1=S. The number of benzene rings is 1. The Morgan fingerprint density at radius 2 is 2.04 bits per heavy atom. The minimum atomic E-state index is 0.449. The number of aryl methyl sites for hydroxylation is 1. The van der Waals surface area contributed by atoms with Gasteiger partial charge in [0.1, 0.15) is 17.9 Å². The van der Waals surface area contributed by atoms with Crippen molar-refractivity contribution in [2.45, 2.75) is 40.2 Å². The molecule has 0 radical (unpaired) electrons. The van der Waals surface area contributed by atoms with E-state index in [4.69, 9.17) is 21.4 Å². The van der Waals surface area contributed by atoms with Gasteiger partial charge < -0.3 is 9.15 Å². The molecule has 0 spiro atoms. The summed E-state index contributed by atoms with van der Waals surface area (Å²) in [6.45, 7) is 8.79. The average Bonchev–Trinajstić information content (AvgIpc) is 3.00. The highest BCUT2D eigenvalue weighted by molar-refractivity contribution is 7.71. The van der Waals surface area contributed by atoms with Crippen LogP contribution in [0.5, 0.6) is 5.75 Å². The van der Waals surface area contributed by atoms with Crippen LogP contribution < -0.4 is 4.74 Å². The van der Waals surface area contributed by atoms with Crippen molar-refractivity contribution in [3.63, 3.8) is 0 Å². The second kappa shape index (κ2) is 6.42. The summed E-state index contributed by atoms with van der Waals surface area (Å²) < 4.78 is 12.1. The molecule has 3 aromatic rings. The molecule has 120 valence electrons. The van der Waals surface area contributed by atoms with Crippen molar-refractivity contribution in [2.75, 3.05) is 0 Å². The van der Waals surface area contributed by atoms with Crippen LogP contribution >= 0.6 is 23.6 Å². The van der Waals surface area contributed by atoms with Gasteiger partial charge >= 0.3 is 0 Å². The summed E-state index contributed by atoms with van der Waals surface area (Å²) in [4.78, 5) is 4.58. The Hall–Kier alpha value is -1.72. The third-order valence-electron chi connectivity index (χ3n) is 3.88. The summed E-state index contributed by atoms with van der Waals surface area (Å²) in [5.74, 6) is 1.21. The minimum absolute atomic E-state index is 0.449. The molecule has 2 heterocycles. The Morgan fingerprint density at radius 3 is 2.74 bits per heavy atom. The van der Waals surface area contributed by atoms with Gasteiger partial charge in [0.25, 0.3) is 0 Å². The maximum Gasteiger partial charge on any atom is 0.193 e. The fourth-order valence-corrected chi connectivity index (χ4v) is 3.39. The lowest BCUT2D eigenvalue weighted by atomic mass is 10.1. The van der Waals surface area contributed by atoms with Crippen LogP contribution in [0, 0.1) is 18.6 Å². The van der Waals surface area contributed by atoms with Gasteiger partial charge in [-0.2, -0.15) is 0 Å². The first-order valence-electron chi connectivity index (χ1n) is 7.57. The number of thiazole rings is 1. The maximum atomic E-state index is 5.85. The van der Waals surface area contributed by atoms with Gasteiger partial charge in [-0.15, -0.1) is 11.3 Å². The van der Waals surface area contributed by atoms with E-state index in [-0.39, 0.29) is 0 Å². The second-order valence-electron chi connectivity index (χ2n) is 5.92. The van der Waals surface area contributed by atoms with Crippen LogP contribution in [0.4, 0.5) is 0 Å². The smallest absolute Gasteiger partial charge is 0.193 e. The minimum Gasteiger partial charge on any atom is -0.487 e. The summed E-state index contributed by atoms with van der Waals surface area (Å²) in [5.41, 5.74) is 3.89. The molecule has 0 fully saturated rings. The van der Waals surface area contributed by atoms with Crippen molar-refractivity contribution in [2.24, 2.45) is 0 Å². The van der Waals surface area contributed by atoms with Gasteiger partial charge in [0, 0.05) is 28.3 Å². The van der Waals surface area contributed by atoms with E-state index >= 15 is 0 Å². The van der Waals surface area contributed by atoms with Crippen LogP contribution in [0.1, 0.15) is 41.6 Å². The van der Waals surface area contributed by atoms with E-state index in [0.29, 0.717) is 17.2 Å². The Labute approximate surface area is 144 Å². The molecule has 1 aromatic carbocycles. The third kappa shape index (κ3) is 3.31. The molecule has 23 heavy (non-hydrogen) atoms. The summed E-state index contributed by atoms with van der Waals surface area (Å²) in [7, 11) is 0. The normalized spacial score (nSPS) is 11.3. The van der Waals surface area contributed by atoms with Gasteiger partial charge in [-0.1, -0.05) is 13.8 Å². The molecule has 5 heteroatoms. The van der Waals surface area contributed by atoms with Crippen molar-refractivity contribution >= 4 is 34.5 Å². The molecule has 3 nitrogen and oxygen atoms in total. The first kappa shape index (κ1) is 16.1. The van der Waals surface area contributed by atoms with Gasteiger partial charge in [0.2, 0.25) is 0 Å². The number of hydrogen-bond donors (Lipinski definition) is 0. The van der Waals surface area contributed by atoms with Crippen molar-refractivity contribution < 1.29 is 9.15 Å². The van der Waals surface area contributed by atoms with Crippen LogP contribution in [0.3, 0.4) is 0 Å². The summed E-state index contributed by atoms with van der Waals surface area (Å²) in [6, 6.07) is 5.88. The Balaban J connectivity index is 1.83. The molecule has 0 N–H and O–H groups in total. The lowest BCUT2D eigenvalue weighted by molar-refractivity contribution is 0.301. The third-order valence-corrected chi connectivity index (χ3v) is 5.46. The summed E-state index contributed by atoms with van der Waals surface area (Å²) >= 11 is 6.94. The van der Waals surface area contributed by atoms with E-state index in [1.165, 1.54) is 0 Å². The zero-order valence-electron chi connectivity index (χ0n) is 13.7. The zero-order valence-corrected chi connectivity index (χ0v) is 15.3. The lowest BCUT2D eigenvalue weighted by Gasteiger charge is -2.08. The predicted octanol–water partition coefficient (Wildman–Crippen LogP) is 5.94. The molecule has 0 saturated carbocycles. The van der Waals surface area contributed by atoms with Crippen LogP contribution in [0.25, 0.3) is 11.0 Å². The Kier molecular flexibility index (Phi) is 4.50. The van der Waals surface area contributed by atoms with Crippen LogP contribution in [0.2, 0.25) is 0 Å². The van der Waals surface area contributed by atoms with E-state index in [2.05, 4.69) is 31.1 Å². The van der Waals surface area contributed by atoms with Crippen LogP contribution in [-0.2, 0) is 6.61 Å². The van der Waals surface area contributed by atoms with Crippen molar-refractivity contribution in [3.8, 4) is 5.75 Å². The molecule has 0 amide bonds. The molecule has 0 aliphatic carbocycles. The van der Waals surface area contributed by atoms with E-state index in [1.807, 2.05) is 25.1 Å². The molecule has 0 aliphatic heterocycles. The summed E-state index contributed by atoms with van der Waals surface area (Å²) in [6.07, 6.45) is 0. The number of fused-ring (bicyclic) bond motifs is 1. The van der Waals surface area contributed by atoms with E-state index < -0.39 is 0 Å². The molecule has 0 unspecified atom stereocenters. The predicted molar refractivity (Wildman–Crippen MR) is 97.1 cm³/mol. The quantitative estimate of drug-likeness (QED) is 0.548. The fraction of sp³-hybridized carbons (Fsp3) is 0.333. The second-order valence-corrected chi connectivity index (χ2v) is 7.18. The first-order valence-corrected chi connectivity index (χ1v) is 8.85. The van der Waals surface area contributed by atoms with Gasteiger partial charge in [0.05, 0.1) is 10.7 Å². The molecule has 0 bridgehead atoms. The molecule has 0 saturated heterocycles.